The molecular weight excluding hydrogens is 394 g/mol. The van der Waals surface area contributed by atoms with Gasteiger partial charge in [-0.1, -0.05) is 19.3 Å². The van der Waals surface area contributed by atoms with Crippen molar-refractivity contribution in [2.45, 2.75) is 37.0 Å². The molecule has 1 nitrogen and oxygen atoms in total. The Morgan fingerprint density at radius 1 is 1.11 bits per heavy atom. The van der Waals surface area contributed by atoms with Crippen molar-refractivity contribution in [3.05, 3.63) is 13.6 Å². The van der Waals surface area contributed by atoms with Gasteiger partial charge in [0.2, 0.25) is 0 Å². The van der Waals surface area contributed by atoms with E-state index in [0.717, 1.165) is 0 Å². The van der Waals surface area contributed by atoms with Crippen LogP contribution in [0.25, 0.3) is 0 Å². The van der Waals surface area contributed by atoms with Gasteiger partial charge in [-0.25, -0.2) is 0 Å². The van der Waals surface area contributed by atoms with Gasteiger partial charge in [-0.05, 0) is 77.2 Å². The first-order valence-electron chi connectivity index (χ1n) is 6.32. The number of nitrogens with zero attached hydrogens (tertiary/aromatic N) is 1. The molecule has 1 aromatic rings. The van der Waals surface area contributed by atoms with Gasteiger partial charge in [0, 0.05) is 4.90 Å². The third kappa shape index (κ3) is 7.53. The van der Waals surface area contributed by atoms with Crippen LogP contribution in [-0.4, -0.2) is 31.3 Å². The monoisotopic (exact) mass is 413 g/mol. The molecule has 5 heteroatoms. The van der Waals surface area contributed by atoms with Gasteiger partial charge in [0.15, 0.2) is 0 Å². The molecule has 0 aromatic carbocycles. The first kappa shape index (κ1) is 17.0. The molecule has 0 amide bonds. The predicted molar refractivity (Wildman–Crippen MR) is 92.1 cm³/mol. The topological polar surface area (TPSA) is 3.24 Å². The van der Waals surface area contributed by atoms with Gasteiger partial charge in [0.05, 0.1) is 7.57 Å². The summed E-state index contributed by atoms with van der Waals surface area (Å²) >= 11 is 10.8. The van der Waals surface area contributed by atoms with E-state index in [1.165, 1.54) is 56.9 Å². The zero-order chi connectivity index (χ0) is 13.4. The highest BCUT2D eigenvalue weighted by molar-refractivity contribution is 9.12. The molecule has 0 saturated heterocycles. The van der Waals surface area contributed by atoms with Crippen LogP contribution in [0.5, 0.6) is 0 Å². The molecule has 0 bridgehead atoms. The van der Waals surface area contributed by atoms with Crippen LogP contribution >= 0.6 is 55.0 Å². The predicted octanol–water partition coefficient (Wildman–Crippen LogP) is 5.88. The molecule has 0 spiro atoms. The Balaban J connectivity index is 1.97. The molecule has 0 unspecified atom stereocenters. The van der Waals surface area contributed by atoms with Crippen LogP contribution in [0.3, 0.4) is 0 Å². The van der Waals surface area contributed by atoms with Gasteiger partial charge >= 0.3 is 0 Å². The average molecular weight is 415 g/mol. The zero-order valence-electron chi connectivity index (χ0n) is 11.0. The minimum atomic E-state index is 1.21. The van der Waals surface area contributed by atoms with E-state index in [1.54, 1.807) is 11.3 Å². The average Bonchev–Trinajstić information content (AvgIpc) is 2.61. The first-order valence-corrected chi connectivity index (χ1v) is 9.71. The van der Waals surface area contributed by atoms with Crippen LogP contribution in [0, 0.1) is 0 Å². The molecule has 0 saturated carbocycles. The Morgan fingerprint density at radius 2 is 1.78 bits per heavy atom. The molecule has 18 heavy (non-hydrogen) atoms. The van der Waals surface area contributed by atoms with Gasteiger partial charge in [-0.15, -0.1) is 23.1 Å². The van der Waals surface area contributed by atoms with Crippen LogP contribution in [-0.2, 0) is 0 Å². The number of thiophene rings is 1. The lowest BCUT2D eigenvalue weighted by molar-refractivity contribution is 0.390. The first-order chi connectivity index (χ1) is 8.59. The van der Waals surface area contributed by atoms with Gasteiger partial charge in [0.25, 0.3) is 0 Å². The number of thioether (sulfide) groups is 1. The fourth-order valence-electron chi connectivity index (χ4n) is 1.67. The second kappa shape index (κ2) is 9.81. The maximum atomic E-state index is 3.60. The number of rotatable bonds is 9. The standard InChI is InChI=1S/C13H21Br2NS2/c1-16(2)8-6-4-3-5-7-9-17-11-10-12(14)18-13(11)15/h10H,3-9H2,1-2H3. The molecule has 1 aromatic heterocycles. The van der Waals surface area contributed by atoms with Crippen LogP contribution in [0.4, 0.5) is 0 Å². The van der Waals surface area contributed by atoms with E-state index < -0.39 is 0 Å². The molecule has 1 rings (SSSR count). The van der Waals surface area contributed by atoms with Crippen molar-refractivity contribution >= 4 is 55.0 Å². The van der Waals surface area contributed by atoms with E-state index in [4.69, 9.17) is 0 Å². The highest BCUT2D eigenvalue weighted by Gasteiger charge is 2.05. The fraction of sp³-hybridized carbons (Fsp3) is 0.692. The molecule has 1 heterocycles. The van der Waals surface area contributed by atoms with Crippen LogP contribution < -0.4 is 0 Å². The molecule has 0 N–H and O–H groups in total. The Morgan fingerprint density at radius 3 is 2.39 bits per heavy atom. The third-order valence-electron chi connectivity index (χ3n) is 2.63. The van der Waals surface area contributed by atoms with Gasteiger partial charge in [-0.2, -0.15) is 0 Å². The highest BCUT2D eigenvalue weighted by Crippen LogP contribution is 2.38. The molecule has 0 atom stereocenters. The van der Waals surface area contributed by atoms with Crippen molar-refractivity contribution in [2.75, 3.05) is 26.4 Å². The van der Waals surface area contributed by atoms with E-state index in [1.807, 2.05) is 11.8 Å². The number of hydrogen-bond donors (Lipinski definition) is 0. The van der Waals surface area contributed by atoms with Crippen molar-refractivity contribution in [1.29, 1.82) is 0 Å². The summed E-state index contributed by atoms with van der Waals surface area (Å²) in [4.78, 5) is 3.64. The molecule has 0 radical (unpaired) electrons. The molecule has 0 aliphatic rings. The quantitative estimate of drug-likeness (QED) is 0.366. The zero-order valence-corrected chi connectivity index (χ0v) is 15.9. The molecule has 0 fully saturated rings. The Labute approximate surface area is 136 Å². The molecule has 0 aliphatic heterocycles. The largest absolute Gasteiger partial charge is 0.309 e. The normalized spacial score (nSPS) is 11.4. The van der Waals surface area contributed by atoms with Crippen LogP contribution in [0.15, 0.2) is 18.5 Å². The third-order valence-corrected chi connectivity index (χ3v) is 6.49. The van der Waals surface area contributed by atoms with E-state index in [9.17, 15) is 0 Å². The summed E-state index contributed by atoms with van der Waals surface area (Å²) in [7, 11) is 4.29. The second-order valence-corrected chi connectivity index (χ2v) is 9.49. The minimum absolute atomic E-state index is 1.21. The van der Waals surface area contributed by atoms with Gasteiger partial charge < -0.3 is 4.90 Å². The summed E-state index contributed by atoms with van der Waals surface area (Å²) in [5, 5.41) is 0. The van der Waals surface area contributed by atoms with Crippen LogP contribution in [0.1, 0.15) is 32.1 Å². The maximum absolute atomic E-state index is 3.60. The summed E-state index contributed by atoms with van der Waals surface area (Å²) in [6, 6.07) is 2.20. The summed E-state index contributed by atoms with van der Waals surface area (Å²) in [6.07, 6.45) is 6.78. The Hall–Kier alpha value is 0.970. The summed E-state index contributed by atoms with van der Waals surface area (Å²) in [5.41, 5.74) is 0. The van der Waals surface area contributed by atoms with E-state index in [0.29, 0.717) is 0 Å². The summed E-state index contributed by atoms with van der Waals surface area (Å²) in [5.74, 6) is 1.23. The number of unbranched alkanes of at least 4 members (excludes halogenated alkanes) is 4. The lowest BCUT2D eigenvalue weighted by atomic mass is 10.1. The smallest absolute Gasteiger partial charge is 0.0846 e. The van der Waals surface area contributed by atoms with Crippen molar-refractivity contribution < 1.29 is 0 Å². The van der Waals surface area contributed by atoms with Gasteiger partial charge in [-0.3, -0.25) is 0 Å². The minimum Gasteiger partial charge on any atom is -0.309 e. The molecular formula is C13H21Br2NS2. The van der Waals surface area contributed by atoms with Crippen molar-refractivity contribution in [3.63, 3.8) is 0 Å². The number of hydrogen-bond acceptors (Lipinski definition) is 3. The van der Waals surface area contributed by atoms with Crippen molar-refractivity contribution in [1.82, 2.24) is 4.90 Å². The Kier molecular flexibility index (Phi) is 9.28. The van der Waals surface area contributed by atoms with Gasteiger partial charge in [0.1, 0.15) is 0 Å². The van der Waals surface area contributed by atoms with E-state index in [-0.39, 0.29) is 0 Å². The van der Waals surface area contributed by atoms with E-state index >= 15 is 0 Å². The van der Waals surface area contributed by atoms with Crippen molar-refractivity contribution in [3.8, 4) is 0 Å². The maximum Gasteiger partial charge on any atom is 0.0846 e. The van der Waals surface area contributed by atoms with Crippen molar-refractivity contribution in [2.24, 2.45) is 0 Å². The fourth-order valence-corrected chi connectivity index (χ4v) is 5.93. The van der Waals surface area contributed by atoms with E-state index in [2.05, 4.69) is 56.9 Å². The molecule has 104 valence electrons. The Bertz CT molecular complexity index is 340. The SMILES string of the molecule is CN(C)CCCCCCCSc1cc(Br)sc1Br. The summed E-state index contributed by atoms with van der Waals surface area (Å²) < 4.78 is 2.46. The lowest BCUT2D eigenvalue weighted by Gasteiger charge is -2.08. The molecule has 0 aliphatic carbocycles. The van der Waals surface area contributed by atoms with Crippen LogP contribution in [0.2, 0.25) is 0 Å². The lowest BCUT2D eigenvalue weighted by Crippen LogP contribution is -2.12. The highest BCUT2D eigenvalue weighted by atomic mass is 79.9. The summed E-state index contributed by atoms with van der Waals surface area (Å²) in [6.45, 7) is 1.23. The second-order valence-electron chi connectivity index (χ2n) is 4.61. The number of halogens is 2.